The molecule has 0 aromatic heterocycles. The molecule has 0 bridgehead atoms. The van der Waals surface area contributed by atoms with E-state index in [-0.39, 0.29) is 0 Å². The molecule has 0 saturated carbocycles. The van der Waals surface area contributed by atoms with Gasteiger partial charge in [-0.25, -0.2) is 0 Å². The molecule has 3 nitrogen and oxygen atoms in total. The van der Waals surface area contributed by atoms with Crippen molar-refractivity contribution in [3.63, 3.8) is 0 Å². The van der Waals surface area contributed by atoms with Gasteiger partial charge in [-0.05, 0) is 25.5 Å². The molecule has 15 heavy (non-hydrogen) atoms. The van der Waals surface area contributed by atoms with Gasteiger partial charge in [0.25, 0.3) is 0 Å². The van der Waals surface area contributed by atoms with Gasteiger partial charge < -0.3 is 15.6 Å². The summed E-state index contributed by atoms with van der Waals surface area (Å²) in [6, 6.07) is 9.90. The van der Waals surface area contributed by atoms with Gasteiger partial charge in [-0.15, -0.1) is 0 Å². The number of hydrogen-bond acceptors (Lipinski definition) is 3. The molecule has 84 valence electrons. The summed E-state index contributed by atoms with van der Waals surface area (Å²) in [5.74, 6) is 0. The van der Waals surface area contributed by atoms with Crippen molar-refractivity contribution >= 4 is 0 Å². The minimum atomic E-state index is -0.816. The minimum absolute atomic E-state index is 0.319. The Morgan fingerprint density at radius 2 is 2.00 bits per heavy atom. The van der Waals surface area contributed by atoms with E-state index in [2.05, 4.69) is 0 Å². The highest BCUT2D eigenvalue weighted by molar-refractivity contribution is 5.13. The molecular weight excluding hydrogens is 190 g/mol. The molecular formula is C12H19NO2. The standard InChI is InChI=1S/C12H19NO2/c1-12(14,7-8-13)10-15-9-11-5-3-2-4-6-11/h2-6,14H,7-10,13H2,1H3. The Kier molecular flexibility index (Phi) is 4.75. The van der Waals surface area contributed by atoms with Crippen molar-refractivity contribution in [1.82, 2.24) is 0 Å². The highest BCUT2D eigenvalue weighted by atomic mass is 16.5. The summed E-state index contributed by atoms with van der Waals surface area (Å²) in [6.45, 7) is 3.06. The number of ether oxygens (including phenoxy) is 1. The van der Waals surface area contributed by atoms with E-state index in [1.165, 1.54) is 0 Å². The Balaban J connectivity index is 2.27. The summed E-state index contributed by atoms with van der Waals surface area (Å²) in [4.78, 5) is 0. The van der Waals surface area contributed by atoms with Gasteiger partial charge in [0.2, 0.25) is 0 Å². The van der Waals surface area contributed by atoms with E-state index in [0.717, 1.165) is 5.56 Å². The molecule has 3 heteroatoms. The first-order valence-electron chi connectivity index (χ1n) is 5.18. The Morgan fingerprint density at radius 3 is 2.60 bits per heavy atom. The molecule has 1 atom stereocenters. The van der Waals surface area contributed by atoms with Crippen LogP contribution in [-0.4, -0.2) is 23.9 Å². The van der Waals surface area contributed by atoms with Crippen molar-refractivity contribution in [2.75, 3.05) is 13.2 Å². The molecule has 0 aliphatic carbocycles. The maximum Gasteiger partial charge on any atom is 0.0864 e. The molecule has 3 N–H and O–H groups in total. The molecule has 1 unspecified atom stereocenters. The predicted octanol–water partition coefficient (Wildman–Crippen LogP) is 1.30. The average Bonchev–Trinajstić information content (AvgIpc) is 2.19. The van der Waals surface area contributed by atoms with E-state index in [4.69, 9.17) is 10.5 Å². The van der Waals surface area contributed by atoms with Crippen LogP contribution in [0.2, 0.25) is 0 Å². The zero-order chi connectivity index (χ0) is 11.1. The lowest BCUT2D eigenvalue weighted by Gasteiger charge is -2.22. The Labute approximate surface area is 90.9 Å². The summed E-state index contributed by atoms with van der Waals surface area (Å²) in [6.07, 6.45) is 0.557. The first-order valence-corrected chi connectivity index (χ1v) is 5.18. The van der Waals surface area contributed by atoms with Crippen LogP contribution in [-0.2, 0) is 11.3 Å². The van der Waals surface area contributed by atoms with Crippen LogP contribution in [0.4, 0.5) is 0 Å². The van der Waals surface area contributed by atoms with Crippen molar-refractivity contribution in [1.29, 1.82) is 0 Å². The van der Waals surface area contributed by atoms with E-state index in [0.29, 0.717) is 26.2 Å². The van der Waals surface area contributed by atoms with E-state index in [9.17, 15) is 5.11 Å². The van der Waals surface area contributed by atoms with Gasteiger partial charge in [0.05, 0.1) is 18.8 Å². The highest BCUT2D eigenvalue weighted by Gasteiger charge is 2.19. The third kappa shape index (κ3) is 4.93. The van der Waals surface area contributed by atoms with Crippen molar-refractivity contribution in [3.8, 4) is 0 Å². The quantitative estimate of drug-likeness (QED) is 0.742. The number of benzene rings is 1. The maximum atomic E-state index is 9.79. The van der Waals surface area contributed by atoms with Crippen LogP contribution in [0.3, 0.4) is 0 Å². The van der Waals surface area contributed by atoms with Crippen molar-refractivity contribution in [2.24, 2.45) is 5.73 Å². The van der Waals surface area contributed by atoms with Crippen LogP contribution in [0.5, 0.6) is 0 Å². The zero-order valence-electron chi connectivity index (χ0n) is 9.15. The number of aliphatic hydroxyl groups is 1. The van der Waals surface area contributed by atoms with Gasteiger partial charge in [-0.3, -0.25) is 0 Å². The molecule has 0 aliphatic rings. The lowest BCUT2D eigenvalue weighted by molar-refractivity contribution is -0.0427. The van der Waals surface area contributed by atoms with Crippen LogP contribution in [0, 0.1) is 0 Å². The molecule has 0 amide bonds. The lowest BCUT2D eigenvalue weighted by Crippen LogP contribution is -2.33. The molecule has 1 aromatic carbocycles. The molecule has 0 spiro atoms. The van der Waals surface area contributed by atoms with Crippen molar-refractivity contribution in [3.05, 3.63) is 35.9 Å². The maximum absolute atomic E-state index is 9.79. The van der Waals surface area contributed by atoms with E-state index in [1.807, 2.05) is 30.3 Å². The second-order valence-corrected chi connectivity index (χ2v) is 4.01. The SMILES string of the molecule is CC(O)(CCN)COCc1ccccc1. The average molecular weight is 209 g/mol. The molecule has 1 aromatic rings. The van der Waals surface area contributed by atoms with E-state index < -0.39 is 5.60 Å². The predicted molar refractivity (Wildman–Crippen MR) is 60.4 cm³/mol. The first kappa shape index (κ1) is 12.2. The van der Waals surface area contributed by atoms with Crippen LogP contribution >= 0.6 is 0 Å². The summed E-state index contributed by atoms with van der Waals surface area (Å²) in [5, 5.41) is 9.79. The second-order valence-electron chi connectivity index (χ2n) is 4.01. The van der Waals surface area contributed by atoms with Crippen LogP contribution in [0.25, 0.3) is 0 Å². The number of nitrogens with two attached hydrogens (primary N) is 1. The van der Waals surface area contributed by atoms with Gasteiger partial charge in [-0.1, -0.05) is 30.3 Å². The number of rotatable bonds is 6. The highest BCUT2D eigenvalue weighted by Crippen LogP contribution is 2.10. The summed E-state index contributed by atoms with van der Waals surface area (Å²) < 4.78 is 5.43. The third-order valence-corrected chi connectivity index (χ3v) is 2.21. The summed E-state index contributed by atoms with van der Waals surface area (Å²) in [5.41, 5.74) is 5.68. The van der Waals surface area contributed by atoms with Gasteiger partial charge in [0.15, 0.2) is 0 Å². The largest absolute Gasteiger partial charge is 0.388 e. The van der Waals surface area contributed by atoms with Crippen LogP contribution < -0.4 is 5.73 Å². The fourth-order valence-corrected chi connectivity index (χ4v) is 1.35. The van der Waals surface area contributed by atoms with Gasteiger partial charge in [0.1, 0.15) is 0 Å². The lowest BCUT2D eigenvalue weighted by atomic mass is 10.0. The molecule has 0 aliphatic heterocycles. The topological polar surface area (TPSA) is 55.5 Å². The second kappa shape index (κ2) is 5.85. The van der Waals surface area contributed by atoms with E-state index in [1.54, 1.807) is 6.92 Å². The fraction of sp³-hybridized carbons (Fsp3) is 0.500. The molecule has 0 heterocycles. The summed E-state index contributed by atoms with van der Waals surface area (Å²) in [7, 11) is 0. The molecule has 0 saturated heterocycles. The Bertz CT molecular complexity index is 272. The van der Waals surface area contributed by atoms with Crippen LogP contribution in [0.15, 0.2) is 30.3 Å². The van der Waals surface area contributed by atoms with Gasteiger partial charge >= 0.3 is 0 Å². The van der Waals surface area contributed by atoms with Gasteiger partial charge in [0, 0.05) is 0 Å². The Morgan fingerprint density at radius 1 is 1.33 bits per heavy atom. The monoisotopic (exact) mass is 209 g/mol. The normalized spacial score (nSPS) is 14.9. The first-order chi connectivity index (χ1) is 7.14. The van der Waals surface area contributed by atoms with E-state index >= 15 is 0 Å². The molecule has 1 rings (SSSR count). The van der Waals surface area contributed by atoms with Crippen molar-refractivity contribution < 1.29 is 9.84 Å². The fourth-order valence-electron chi connectivity index (χ4n) is 1.35. The van der Waals surface area contributed by atoms with Gasteiger partial charge in [-0.2, -0.15) is 0 Å². The number of hydrogen-bond donors (Lipinski definition) is 2. The zero-order valence-corrected chi connectivity index (χ0v) is 9.15. The Hall–Kier alpha value is -0.900. The smallest absolute Gasteiger partial charge is 0.0864 e. The van der Waals surface area contributed by atoms with Crippen LogP contribution in [0.1, 0.15) is 18.9 Å². The minimum Gasteiger partial charge on any atom is -0.388 e. The van der Waals surface area contributed by atoms with Crippen molar-refractivity contribution in [2.45, 2.75) is 25.6 Å². The molecule has 0 fully saturated rings. The summed E-state index contributed by atoms with van der Waals surface area (Å²) >= 11 is 0. The third-order valence-electron chi connectivity index (χ3n) is 2.21. The molecule has 0 radical (unpaired) electrons.